The number of pyridine rings is 1. The van der Waals surface area contributed by atoms with Gasteiger partial charge in [0.2, 0.25) is 5.91 Å². The first-order valence-electron chi connectivity index (χ1n) is 6.50. The fourth-order valence-electron chi connectivity index (χ4n) is 2.01. The van der Waals surface area contributed by atoms with Gasteiger partial charge in [-0.15, -0.1) is 11.8 Å². The zero-order valence-corrected chi connectivity index (χ0v) is 12.7. The standard InChI is InChI=1S/C15H18N2O2S/c1-10(2)16-14(18)9-20-13-8-15(19)17(3)12-7-5-4-6-11(12)13/h4-8,10H,9H2,1-3H3,(H,16,18). The third kappa shape index (κ3) is 3.22. The van der Waals surface area contributed by atoms with Crippen LogP contribution in [0.1, 0.15) is 13.8 Å². The lowest BCUT2D eigenvalue weighted by atomic mass is 10.2. The summed E-state index contributed by atoms with van der Waals surface area (Å²) in [5.74, 6) is 0.296. The van der Waals surface area contributed by atoms with Crippen LogP contribution >= 0.6 is 11.8 Å². The van der Waals surface area contributed by atoms with Crippen molar-refractivity contribution in [2.75, 3.05) is 5.75 Å². The molecule has 1 amide bonds. The van der Waals surface area contributed by atoms with Crippen LogP contribution in [-0.4, -0.2) is 22.3 Å². The Labute approximate surface area is 122 Å². The first kappa shape index (κ1) is 14.7. The Balaban J connectivity index is 2.29. The normalized spacial score (nSPS) is 11.0. The highest BCUT2D eigenvalue weighted by Crippen LogP contribution is 2.25. The molecule has 0 aliphatic rings. The van der Waals surface area contributed by atoms with E-state index in [1.807, 2.05) is 38.1 Å². The van der Waals surface area contributed by atoms with Gasteiger partial charge in [-0.05, 0) is 19.9 Å². The van der Waals surface area contributed by atoms with Gasteiger partial charge in [0.1, 0.15) is 0 Å². The number of nitrogens with one attached hydrogen (secondary N) is 1. The molecule has 5 heteroatoms. The van der Waals surface area contributed by atoms with Gasteiger partial charge in [-0.3, -0.25) is 9.59 Å². The van der Waals surface area contributed by atoms with E-state index in [1.165, 1.54) is 11.8 Å². The van der Waals surface area contributed by atoms with Crippen LogP contribution in [0.2, 0.25) is 0 Å². The summed E-state index contributed by atoms with van der Waals surface area (Å²) in [6, 6.07) is 9.44. The molecule has 106 valence electrons. The molecule has 0 radical (unpaired) electrons. The number of fused-ring (bicyclic) bond motifs is 1. The van der Waals surface area contributed by atoms with E-state index in [4.69, 9.17) is 0 Å². The predicted molar refractivity (Wildman–Crippen MR) is 83.2 cm³/mol. The van der Waals surface area contributed by atoms with Gasteiger partial charge >= 0.3 is 0 Å². The predicted octanol–water partition coefficient (Wildman–Crippen LogP) is 2.16. The summed E-state index contributed by atoms with van der Waals surface area (Å²) in [4.78, 5) is 24.5. The second-order valence-electron chi connectivity index (χ2n) is 4.93. The number of amides is 1. The molecular formula is C15H18N2O2S. The lowest BCUT2D eigenvalue weighted by Crippen LogP contribution is -2.31. The molecule has 1 aromatic heterocycles. The van der Waals surface area contributed by atoms with Gasteiger partial charge in [0.25, 0.3) is 5.56 Å². The van der Waals surface area contributed by atoms with Crippen molar-refractivity contribution in [3.05, 3.63) is 40.7 Å². The summed E-state index contributed by atoms with van der Waals surface area (Å²) in [6.45, 7) is 3.85. The molecule has 0 atom stereocenters. The van der Waals surface area contributed by atoms with E-state index >= 15 is 0 Å². The maximum atomic E-state index is 11.9. The second kappa shape index (κ2) is 6.13. The number of carbonyl (C=O) groups is 1. The summed E-state index contributed by atoms with van der Waals surface area (Å²) < 4.78 is 1.62. The van der Waals surface area contributed by atoms with Crippen molar-refractivity contribution in [2.45, 2.75) is 24.8 Å². The molecule has 0 spiro atoms. The van der Waals surface area contributed by atoms with Crippen molar-refractivity contribution in [1.82, 2.24) is 9.88 Å². The average Bonchev–Trinajstić information content (AvgIpc) is 2.40. The van der Waals surface area contributed by atoms with E-state index in [0.29, 0.717) is 5.75 Å². The Morgan fingerprint density at radius 1 is 1.35 bits per heavy atom. The fraction of sp³-hybridized carbons (Fsp3) is 0.333. The number of nitrogens with zero attached hydrogens (tertiary/aromatic N) is 1. The van der Waals surface area contributed by atoms with Crippen LogP contribution < -0.4 is 10.9 Å². The maximum absolute atomic E-state index is 11.9. The Morgan fingerprint density at radius 2 is 2.05 bits per heavy atom. The third-order valence-corrected chi connectivity index (χ3v) is 3.98. The molecule has 0 aliphatic heterocycles. The lowest BCUT2D eigenvalue weighted by Gasteiger charge is -2.11. The third-order valence-electron chi connectivity index (χ3n) is 2.92. The van der Waals surface area contributed by atoms with Crippen molar-refractivity contribution < 1.29 is 4.79 Å². The maximum Gasteiger partial charge on any atom is 0.251 e. The molecule has 20 heavy (non-hydrogen) atoms. The smallest absolute Gasteiger partial charge is 0.251 e. The van der Waals surface area contributed by atoms with Crippen molar-refractivity contribution in [2.24, 2.45) is 7.05 Å². The molecule has 1 N–H and O–H groups in total. The van der Waals surface area contributed by atoms with Gasteiger partial charge in [-0.1, -0.05) is 18.2 Å². The van der Waals surface area contributed by atoms with Gasteiger partial charge < -0.3 is 9.88 Å². The van der Waals surface area contributed by atoms with E-state index < -0.39 is 0 Å². The molecular weight excluding hydrogens is 272 g/mol. The van der Waals surface area contributed by atoms with E-state index in [0.717, 1.165) is 15.8 Å². The number of hydrogen-bond acceptors (Lipinski definition) is 3. The van der Waals surface area contributed by atoms with Gasteiger partial charge in [-0.25, -0.2) is 0 Å². The molecule has 2 aromatic rings. The molecule has 0 bridgehead atoms. The lowest BCUT2D eigenvalue weighted by molar-refractivity contribution is -0.119. The number of aromatic nitrogens is 1. The average molecular weight is 290 g/mol. The fourth-order valence-corrected chi connectivity index (χ4v) is 2.89. The first-order valence-corrected chi connectivity index (χ1v) is 7.48. The van der Waals surface area contributed by atoms with Crippen LogP contribution in [-0.2, 0) is 11.8 Å². The van der Waals surface area contributed by atoms with Crippen LogP contribution in [0.3, 0.4) is 0 Å². The molecule has 0 unspecified atom stereocenters. The molecule has 0 saturated carbocycles. The highest BCUT2D eigenvalue weighted by molar-refractivity contribution is 8.00. The minimum atomic E-state index is -0.0598. The first-order chi connectivity index (χ1) is 9.49. The number of thioether (sulfide) groups is 1. The van der Waals surface area contributed by atoms with Crippen LogP contribution in [0, 0.1) is 0 Å². The molecule has 1 aromatic carbocycles. The number of para-hydroxylation sites is 1. The monoisotopic (exact) mass is 290 g/mol. The van der Waals surface area contributed by atoms with E-state index in [2.05, 4.69) is 5.32 Å². The van der Waals surface area contributed by atoms with E-state index in [1.54, 1.807) is 17.7 Å². The second-order valence-corrected chi connectivity index (χ2v) is 5.95. The van der Waals surface area contributed by atoms with Gasteiger partial charge in [-0.2, -0.15) is 0 Å². The van der Waals surface area contributed by atoms with Crippen LogP contribution in [0.5, 0.6) is 0 Å². The molecule has 0 saturated heterocycles. The van der Waals surface area contributed by atoms with Crippen LogP contribution in [0.25, 0.3) is 10.9 Å². The summed E-state index contributed by atoms with van der Waals surface area (Å²) in [7, 11) is 1.75. The van der Waals surface area contributed by atoms with Gasteiger partial charge in [0.15, 0.2) is 0 Å². The van der Waals surface area contributed by atoms with E-state index in [9.17, 15) is 9.59 Å². The van der Waals surface area contributed by atoms with Crippen molar-refractivity contribution in [3.63, 3.8) is 0 Å². The largest absolute Gasteiger partial charge is 0.353 e. The Hall–Kier alpha value is -1.75. The quantitative estimate of drug-likeness (QED) is 0.878. The molecule has 4 nitrogen and oxygen atoms in total. The van der Waals surface area contributed by atoms with Crippen molar-refractivity contribution in [1.29, 1.82) is 0 Å². The summed E-state index contributed by atoms with van der Waals surface area (Å²) in [6.07, 6.45) is 0. The van der Waals surface area contributed by atoms with E-state index in [-0.39, 0.29) is 17.5 Å². The zero-order chi connectivity index (χ0) is 14.7. The number of hydrogen-bond donors (Lipinski definition) is 1. The zero-order valence-electron chi connectivity index (χ0n) is 11.8. The number of benzene rings is 1. The van der Waals surface area contributed by atoms with Gasteiger partial charge in [0, 0.05) is 29.4 Å². The van der Waals surface area contributed by atoms with Gasteiger partial charge in [0.05, 0.1) is 11.3 Å². The molecule has 0 fully saturated rings. The Morgan fingerprint density at radius 3 is 2.75 bits per heavy atom. The number of rotatable bonds is 4. The number of aryl methyl sites for hydroxylation is 1. The summed E-state index contributed by atoms with van der Waals surface area (Å²) >= 11 is 1.40. The van der Waals surface area contributed by atoms with Crippen LogP contribution in [0.15, 0.2) is 40.0 Å². The summed E-state index contributed by atoms with van der Waals surface area (Å²) in [5.41, 5.74) is 0.822. The topological polar surface area (TPSA) is 51.1 Å². The Kier molecular flexibility index (Phi) is 4.49. The molecule has 1 heterocycles. The highest BCUT2D eigenvalue weighted by Gasteiger charge is 2.09. The molecule has 2 rings (SSSR count). The summed E-state index contributed by atoms with van der Waals surface area (Å²) in [5, 5.41) is 3.84. The Bertz CT molecular complexity index is 692. The minimum Gasteiger partial charge on any atom is -0.353 e. The SMILES string of the molecule is CC(C)NC(=O)CSc1cc(=O)n(C)c2ccccc12. The van der Waals surface area contributed by atoms with Crippen LogP contribution in [0.4, 0.5) is 0 Å². The minimum absolute atomic E-state index is 0.0187. The molecule has 0 aliphatic carbocycles. The van der Waals surface area contributed by atoms with Crippen molar-refractivity contribution in [3.8, 4) is 0 Å². The number of carbonyl (C=O) groups excluding carboxylic acids is 1. The van der Waals surface area contributed by atoms with Crippen molar-refractivity contribution >= 4 is 28.6 Å². The highest BCUT2D eigenvalue weighted by atomic mass is 32.2.